The molecule has 1 atom stereocenters. The van der Waals surface area contributed by atoms with Gasteiger partial charge in [-0.15, -0.1) is 0 Å². The molecule has 0 aliphatic rings. The fourth-order valence-corrected chi connectivity index (χ4v) is 8.77. The highest BCUT2D eigenvalue weighted by Gasteiger charge is 2.19. The first kappa shape index (κ1) is 63.9. The zero-order valence-corrected chi connectivity index (χ0v) is 44.5. The number of allylic oxidation sites excluding steroid dienone is 4. The van der Waals surface area contributed by atoms with E-state index in [1.807, 2.05) is 0 Å². The topological polar surface area (TPSA) is 78.9 Å². The molecule has 0 aliphatic heterocycles. The van der Waals surface area contributed by atoms with Gasteiger partial charge in [-0.2, -0.15) is 0 Å². The predicted molar refractivity (Wildman–Crippen MR) is 284 cm³/mol. The quantitative estimate of drug-likeness (QED) is 0.0262. The van der Waals surface area contributed by atoms with Gasteiger partial charge in [-0.3, -0.25) is 14.4 Å². The minimum absolute atomic E-state index is 0.0714. The summed E-state index contributed by atoms with van der Waals surface area (Å²) in [4.78, 5) is 38.2. The third-order valence-corrected chi connectivity index (χ3v) is 13.2. The number of hydrogen-bond donors (Lipinski definition) is 0. The Morgan fingerprint density at radius 3 is 0.864 bits per heavy atom. The van der Waals surface area contributed by atoms with E-state index in [0.29, 0.717) is 19.3 Å². The first-order chi connectivity index (χ1) is 32.5. The molecule has 0 N–H and O–H groups in total. The molecule has 0 rings (SSSR count). The van der Waals surface area contributed by atoms with Gasteiger partial charge in [0.05, 0.1) is 0 Å². The van der Waals surface area contributed by atoms with Crippen molar-refractivity contribution in [3.63, 3.8) is 0 Å². The summed E-state index contributed by atoms with van der Waals surface area (Å²) in [6.45, 7) is 6.66. The third kappa shape index (κ3) is 52.9. The van der Waals surface area contributed by atoms with Crippen LogP contribution in [0.1, 0.15) is 323 Å². The first-order valence-corrected chi connectivity index (χ1v) is 29.3. The zero-order valence-electron chi connectivity index (χ0n) is 44.5. The van der Waals surface area contributed by atoms with E-state index >= 15 is 0 Å². The lowest BCUT2D eigenvalue weighted by atomic mass is 10.0. The average molecular weight is 930 g/mol. The van der Waals surface area contributed by atoms with Crippen LogP contribution in [-0.2, 0) is 28.6 Å². The SMILES string of the molecule is CCCCC/C=C\C/C=C\CCCCCCCC(=O)O[C@H](COC(=O)CCCCCCCCCCCCCCCCC)COC(=O)CCCCCCCCCCCCCCCCCCCC. The third-order valence-electron chi connectivity index (χ3n) is 13.2. The van der Waals surface area contributed by atoms with E-state index in [9.17, 15) is 14.4 Å². The maximum Gasteiger partial charge on any atom is 0.306 e. The van der Waals surface area contributed by atoms with E-state index in [1.54, 1.807) is 0 Å². The van der Waals surface area contributed by atoms with Crippen molar-refractivity contribution >= 4 is 17.9 Å². The Morgan fingerprint density at radius 1 is 0.303 bits per heavy atom. The van der Waals surface area contributed by atoms with Gasteiger partial charge in [0.2, 0.25) is 0 Å². The molecule has 0 bridgehead atoms. The lowest BCUT2D eigenvalue weighted by Gasteiger charge is -2.18. The Kier molecular flexibility index (Phi) is 53.7. The van der Waals surface area contributed by atoms with Crippen LogP contribution in [0.15, 0.2) is 24.3 Å². The van der Waals surface area contributed by atoms with E-state index in [4.69, 9.17) is 14.2 Å². The molecule has 0 amide bonds. The van der Waals surface area contributed by atoms with Crippen molar-refractivity contribution in [2.75, 3.05) is 13.2 Å². The van der Waals surface area contributed by atoms with Crippen molar-refractivity contribution in [3.8, 4) is 0 Å². The molecule has 0 fully saturated rings. The van der Waals surface area contributed by atoms with E-state index in [0.717, 1.165) is 77.0 Å². The van der Waals surface area contributed by atoms with Gasteiger partial charge < -0.3 is 14.2 Å². The highest BCUT2D eigenvalue weighted by atomic mass is 16.6. The second kappa shape index (κ2) is 55.5. The summed E-state index contributed by atoms with van der Waals surface area (Å²) in [5, 5.41) is 0. The Bertz CT molecular complexity index is 1070. The first-order valence-electron chi connectivity index (χ1n) is 29.3. The molecular formula is C60H112O6. The summed E-state index contributed by atoms with van der Waals surface area (Å²) in [6, 6.07) is 0. The Morgan fingerprint density at radius 2 is 0.545 bits per heavy atom. The van der Waals surface area contributed by atoms with Gasteiger partial charge in [0.1, 0.15) is 13.2 Å². The fraction of sp³-hybridized carbons (Fsp3) is 0.883. The van der Waals surface area contributed by atoms with Crippen molar-refractivity contribution in [3.05, 3.63) is 24.3 Å². The number of esters is 3. The highest BCUT2D eigenvalue weighted by Crippen LogP contribution is 2.17. The Hall–Kier alpha value is -2.11. The van der Waals surface area contributed by atoms with E-state index in [2.05, 4.69) is 45.1 Å². The van der Waals surface area contributed by atoms with Crippen LogP contribution in [-0.4, -0.2) is 37.2 Å². The second-order valence-corrected chi connectivity index (χ2v) is 19.9. The van der Waals surface area contributed by atoms with Crippen LogP contribution in [0.3, 0.4) is 0 Å². The molecule has 6 heteroatoms. The molecule has 0 aromatic rings. The van der Waals surface area contributed by atoms with E-state index < -0.39 is 6.10 Å². The summed E-state index contributed by atoms with van der Waals surface area (Å²) in [5.74, 6) is -0.862. The standard InChI is InChI=1S/C60H112O6/c1-4-7-10-13-16-19-22-25-28-29-30-33-35-38-41-44-47-50-53-59(62)65-56-57(66-60(63)54-51-48-45-42-39-36-32-27-24-21-18-15-12-9-6-3)55-64-58(61)52-49-46-43-40-37-34-31-26-23-20-17-14-11-8-5-2/h18,21,27,32,57H,4-17,19-20,22-26,28-31,33-56H2,1-3H3/b21-18-,32-27-/t57-/m1/s1. The number of unbranched alkanes of at least 4 members (excludes halogenated alkanes) is 39. The number of carbonyl (C=O) groups is 3. The summed E-state index contributed by atoms with van der Waals surface area (Å²) in [6.07, 6.45) is 64.5. The summed E-state index contributed by atoms with van der Waals surface area (Å²) < 4.78 is 16.9. The van der Waals surface area contributed by atoms with Crippen molar-refractivity contribution < 1.29 is 28.6 Å². The lowest BCUT2D eigenvalue weighted by Crippen LogP contribution is -2.30. The van der Waals surface area contributed by atoms with Gasteiger partial charge in [-0.25, -0.2) is 0 Å². The molecule has 0 radical (unpaired) electrons. The molecule has 0 aromatic heterocycles. The molecule has 0 aliphatic carbocycles. The van der Waals surface area contributed by atoms with Gasteiger partial charge in [0.25, 0.3) is 0 Å². The molecule has 388 valence electrons. The Labute approximate surface area is 411 Å². The molecular weight excluding hydrogens is 817 g/mol. The average Bonchev–Trinajstić information content (AvgIpc) is 3.31. The minimum Gasteiger partial charge on any atom is -0.462 e. The van der Waals surface area contributed by atoms with Gasteiger partial charge in [0.15, 0.2) is 6.10 Å². The van der Waals surface area contributed by atoms with Gasteiger partial charge >= 0.3 is 17.9 Å². The van der Waals surface area contributed by atoms with Crippen LogP contribution in [0.25, 0.3) is 0 Å². The molecule has 0 heterocycles. The van der Waals surface area contributed by atoms with Crippen LogP contribution in [0.4, 0.5) is 0 Å². The summed E-state index contributed by atoms with van der Waals surface area (Å²) in [7, 11) is 0. The van der Waals surface area contributed by atoms with E-state index in [1.165, 1.54) is 205 Å². The van der Waals surface area contributed by atoms with Crippen LogP contribution < -0.4 is 0 Å². The molecule has 0 unspecified atom stereocenters. The van der Waals surface area contributed by atoms with Crippen LogP contribution in [0, 0.1) is 0 Å². The van der Waals surface area contributed by atoms with Crippen LogP contribution >= 0.6 is 0 Å². The molecule has 0 saturated carbocycles. The van der Waals surface area contributed by atoms with E-state index in [-0.39, 0.29) is 31.1 Å². The smallest absolute Gasteiger partial charge is 0.306 e. The molecule has 6 nitrogen and oxygen atoms in total. The fourth-order valence-electron chi connectivity index (χ4n) is 8.77. The summed E-state index contributed by atoms with van der Waals surface area (Å²) in [5.41, 5.74) is 0. The maximum absolute atomic E-state index is 12.8. The van der Waals surface area contributed by atoms with Crippen LogP contribution in [0.5, 0.6) is 0 Å². The van der Waals surface area contributed by atoms with Gasteiger partial charge in [-0.1, -0.05) is 276 Å². The normalized spacial score (nSPS) is 12.1. The number of ether oxygens (including phenoxy) is 3. The zero-order chi connectivity index (χ0) is 47.9. The molecule has 0 aromatic carbocycles. The largest absolute Gasteiger partial charge is 0.462 e. The minimum atomic E-state index is -0.773. The van der Waals surface area contributed by atoms with Crippen molar-refractivity contribution in [1.29, 1.82) is 0 Å². The van der Waals surface area contributed by atoms with Crippen molar-refractivity contribution in [1.82, 2.24) is 0 Å². The number of hydrogen-bond acceptors (Lipinski definition) is 6. The van der Waals surface area contributed by atoms with Gasteiger partial charge in [-0.05, 0) is 51.4 Å². The highest BCUT2D eigenvalue weighted by molar-refractivity contribution is 5.71. The number of carbonyl (C=O) groups excluding carboxylic acids is 3. The van der Waals surface area contributed by atoms with Crippen molar-refractivity contribution in [2.24, 2.45) is 0 Å². The summed E-state index contributed by atoms with van der Waals surface area (Å²) >= 11 is 0. The predicted octanol–water partition coefficient (Wildman–Crippen LogP) is 19.5. The number of rotatable bonds is 54. The molecule has 0 spiro atoms. The lowest BCUT2D eigenvalue weighted by molar-refractivity contribution is -0.167. The van der Waals surface area contributed by atoms with Gasteiger partial charge in [0, 0.05) is 19.3 Å². The monoisotopic (exact) mass is 929 g/mol. The second-order valence-electron chi connectivity index (χ2n) is 19.9. The van der Waals surface area contributed by atoms with Crippen molar-refractivity contribution in [2.45, 2.75) is 329 Å². The van der Waals surface area contributed by atoms with Crippen LogP contribution in [0.2, 0.25) is 0 Å². The maximum atomic E-state index is 12.8. The Balaban J connectivity index is 4.33. The molecule has 66 heavy (non-hydrogen) atoms. The molecule has 0 saturated heterocycles.